The number of aromatic nitrogens is 2. The minimum absolute atomic E-state index is 0.850. The van der Waals surface area contributed by atoms with Crippen molar-refractivity contribution in [2.45, 2.75) is 13.1 Å². The maximum atomic E-state index is 4.65. The van der Waals surface area contributed by atoms with Crippen LogP contribution >= 0.6 is 11.3 Å². The van der Waals surface area contributed by atoms with Crippen molar-refractivity contribution >= 4 is 21.6 Å². The highest BCUT2D eigenvalue weighted by molar-refractivity contribution is 7.18. The van der Waals surface area contributed by atoms with Gasteiger partial charge in [0.25, 0.3) is 0 Å². The van der Waals surface area contributed by atoms with Crippen LogP contribution in [0.25, 0.3) is 10.2 Å². The fourth-order valence-corrected chi connectivity index (χ4v) is 3.02. The van der Waals surface area contributed by atoms with E-state index in [1.165, 1.54) is 10.3 Å². The van der Waals surface area contributed by atoms with Gasteiger partial charge in [-0.2, -0.15) is 0 Å². The molecule has 0 radical (unpaired) electrons. The van der Waals surface area contributed by atoms with Crippen molar-refractivity contribution in [2.75, 3.05) is 7.05 Å². The molecule has 0 amide bonds. The fraction of sp³-hybridized carbons (Fsp3) is 0.214. The lowest BCUT2D eigenvalue weighted by atomic mass is 10.3. The Bertz CT molecular complexity index is 621. The monoisotopic (exact) mass is 257 g/mol. The van der Waals surface area contributed by atoms with Crippen LogP contribution < -0.4 is 5.32 Å². The Morgan fingerprint density at radius 1 is 1.28 bits per heavy atom. The lowest BCUT2D eigenvalue weighted by Gasteiger charge is -1.98. The second kappa shape index (κ2) is 4.92. The predicted molar refractivity (Wildman–Crippen MR) is 75.9 cm³/mol. The average Bonchev–Trinajstić information content (AvgIpc) is 2.96. The summed E-state index contributed by atoms with van der Waals surface area (Å²) in [6.45, 7) is 1.76. The van der Waals surface area contributed by atoms with Crippen LogP contribution in [0.1, 0.15) is 10.6 Å². The normalized spacial score (nSPS) is 11.2. The third kappa shape index (κ3) is 2.30. The van der Waals surface area contributed by atoms with E-state index in [2.05, 4.69) is 51.5 Å². The summed E-state index contributed by atoms with van der Waals surface area (Å²) in [5.41, 5.74) is 2.40. The number of fused-ring (bicyclic) bond motifs is 1. The van der Waals surface area contributed by atoms with E-state index in [1.807, 2.05) is 13.1 Å². The first-order chi connectivity index (χ1) is 8.85. The van der Waals surface area contributed by atoms with E-state index in [4.69, 9.17) is 0 Å². The zero-order chi connectivity index (χ0) is 12.4. The molecule has 92 valence electrons. The largest absolute Gasteiger partial charge is 0.347 e. The van der Waals surface area contributed by atoms with Gasteiger partial charge in [0.15, 0.2) is 0 Å². The van der Waals surface area contributed by atoms with Crippen LogP contribution in [0.15, 0.2) is 42.7 Å². The Hall–Kier alpha value is -1.65. The lowest BCUT2D eigenvalue weighted by Crippen LogP contribution is -2.04. The number of nitrogens with zero attached hydrogens (tertiary/aromatic N) is 2. The zero-order valence-corrected chi connectivity index (χ0v) is 11.1. The number of hydrogen-bond donors (Lipinski definition) is 1. The number of benzene rings is 1. The molecule has 1 N–H and O–H groups in total. The van der Waals surface area contributed by atoms with Crippen molar-refractivity contribution in [2.24, 2.45) is 0 Å². The Balaban J connectivity index is 1.82. The molecular formula is C14H15N3S. The van der Waals surface area contributed by atoms with Crippen LogP contribution in [0.2, 0.25) is 0 Å². The third-order valence-electron chi connectivity index (χ3n) is 2.85. The van der Waals surface area contributed by atoms with Gasteiger partial charge in [-0.3, -0.25) is 0 Å². The van der Waals surface area contributed by atoms with Gasteiger partial charge in [-0.1, -0.05) is 12.1 Å². The van der Waals surface area contributed by atoms with E-state index >= 15 is 0 Å². The molecule has 3 nitrogen and oxygen atoms in total. The highest BCUT2D eigenvalue weighted by atomic mass is 32.1. The van der Waals surface area contributed by atoms with Gasteiger partial charge in [0.1, 0.15) is 5.01 Å². The van der Waals surface area contributed by atoms with Crippen LogP contribution in [0.4, 0.5) is 0 Å². The Morgan fingerprint density at radius 3 is 3.00 bits per heavy atom. The van der Waals surface area contributed by atoms with E-state index < -0.39 is 0 Å². The van der Waals surface area contributed by atoms with Gasteiger partial charge >= 0.3 is 0 Å². The Kier molecular flexibility index (Phi) is 3.13. The molecule has 4 heteroatoms. The Morgan fingerprint density at radius 2 is 2.17 bits per heavy atom. The first-order valence-electron chi connectivity index (χ1n) is 5.99. The van der Waals surface area contributed by atoms with Crippen LogP contribution in [-0.4, -0.2) is 16.6 Å². The summed E-state index contributed by atoms with van der Waals surface area (Å²) in [5, 5.41) is 4.31. The highest BCUT2D eigenvalue weighted by Crippen LogP contribution is 2.22. The molecule has 18 heavy (non-hydrogen) atoms. The molecule has 3 rings (SSSR count). The summed E-state index contributed by atoms with van der Waals surface area (Å²) in [6.07, 6.45) is 4.28. The summed E-state index contributed by atoms with van der Waals surface area (Å²) in [6, 6.07) is 10.4. The van der Waals surface area contributed by atoms with E-state index in [1.54, 1.807) is 11.3 Å². The second-order valence-corrected chi connectivity index (χ2v) is 5.41. The van der Waals surface area contributed by atoms with Gasteiger partial charge in [-0.25, -0.2) is 4.98 Å². The molecule has 0 atom stereocenters. The van der Waals surface area contributed by atoms with Crippen molar-refractivity contribution in [3.8, 4) is 0 Å². The molecule has 2 aromatic heterocycles. The molecule has 0 saturated heterocycles. The van der Waals surface area contributed by atoms with Gasteiger partial charge in [-0.05, 0) is 30.8 Å². The standard InChI is InChI=1S/C14H15N3S/c1-15-8-11-6-7-17(9-11)10-14-16-12-4-2-3-5-13(12)18-14/h2-7,9,15H,8,10H2,1H3. The fourth-order valence-electron chi connectivity index (χ4n) is 2.04. The SMILES string of the molecule is CNCc1ccn(Cc2nc3ccccc3s2)c1. The van der Waals surface area contributed by atoms with Crippen molar-refractivity contribution in [3.63, 3.8) is 0 Å². The molecule has 0 unspecified atom stereocenters. The van der Waals surface area contributed by atoms with Crippen LogP contribution in [0.3, 0.4) is 0 Å². The third-order valence-corrected chi connectivity index (χ3v) is 3.87. The smallest absolute Gasteiger partial charge is 0.114 e. The molecule has 0 bridgehead atoms. The summed E-state index contributed by atoms with van der Waals surface area (Å²) in [5.74, 6) is 0. The van der Waals surface area contributed by atoms with Gasteiger partial charge in [0, 0.05) is 18.9 Å². The van der Waals surface area contributed by atoms with Crippen molar-refractivity contribution in [1.82, 2.24) is 14.9 Å². The van der Waals surface area contributed by atoms with E-state index in [0.29, 0.717) is 0 Å². The average molecular weight is 257 g/mol. The van der Waals surface area contributed by atoms with E-state index in [0.717, 1.165) is 23.6 Å². The first kappa shape index (κ1) is 11.4. The highest BCUT2D eigenvalue weighted by Gasteiger charge is 2.04. The summed E-state index contributed by atoms with van der Waals surface area (Å²) < 4.78 is 3.44. The topological polar surface area (TPSA) is 29.9 Å². The minimum atomic E-state index is 0.850. The number of para-hydroxylation sites is 1. The number of thiazole rings is 1. The number of nitrogens with one attached hydrogen (secondary N) is 1. The van der Waals surface area contributed by atoms with Crippen molar-refractivity contribution in [3.05, 3.63) is 53.3 Å². The molecule has 0 spiro atoms. The Labute approximate surface area is 110 Å². The molecular weight excluding hydrogens is 242 g/mol. The molecule has 0 aliphatic heterocycles. The summed E-state index contributed by atoms with van der Waals surface area (Å²) >= 11 is 1.77. The molecule has 0 fully saturated rings. The van der Waals surface area contributed by atoms with Gasteiger partial charge < -0.3 is 9.88 Å². The molecule has 3 aromatic rings. The van der Waals surface area contributed by atoms with Gasteiger partial charge in [0.05, 0.1) is 16.8 Å². The second-order valence-electron chi connectivity index (χ2n) is 4.30. The van der Waals surface area contributed by atoms with E-state index in [9.17, 15) is 0 Å². The van der Waals surface area contributed by atoms with Crippen molar-refractivity contribution in [1.29, 1.82) is 0 Å². The number of hydrogen-bond acceptors (Lipinski definition) is 3. The quantitative estimate of drug-likeness (QED) is 0.779. The lowest BCUT2D eigenvalue weighted by molar-refractivity contribution is 0.780. The predicted octanol–water partition coefficient (Wildman–Crippen LogP) is 2.87. The summed E-state index contributed by atoms with van der Waals surface area (Å²) in [4.78, 5) is 4.65. The molecule has 0 saturated carbocycles. The molecule has 0 aliphatic rings. The molecule has 0 aliphatic carbocycles. The van der Waals surface area contributed by atoms with Crippen LogP contribution in [0, 0.1) is 0 Å². The van der Waals surface area contributed by atoms with Crippen LogP contribution in [0.5, 0.6) is 0 Å². The zero-order valence-electron chi connectivity index (χ0n) is 10.3. The van der Waals surface area contributed by atoms with Crippen molar-refractivity contribution < 1.29 is 0 Å². The minimum Gasteiger partial charge on any atom is -0.347 e. The van der Waals surface area contributed by atoms with E-state index in [-0.39, 0.29) is 0 Å². The van der Waals surface area contributed by atoms with Crippen LogP contribution in [-0.2, 0) is 13.1 Å². The van der Waals surface area contributed by atoms with Gasteiger partial charge in [0.2, 0.25) is 0 Å². The number of rotatable bonds is 4. The molecule has 2 heterocycles. The maximum Gasteiger partial charge on any atom is 0.114 e. The first-order valence-corrected chi connectivity index (χ1v) is 6.80. The summed E-state index contributed by atoms with van der Waals surface area (Å²) in [7, 11) is 1.96. The van der Waals surface area contributed by atoms with Gasteiger partial charge in [-0.15, -0.1) is 11.3 Å². The molecule has 1 aromatic carbocycles. The maximum absolute atomic E-state index is 4.65.